The molecule has 0 aliphatic heterocycles. The maximum Gasteiger partial charge on any atom is 0.118 e. The van der Waals surface area contributed by atoms with Crippen LogP contribution in [0.25, 0.3) is 0 Å². The van der Waals surface area contributed by atoms with Gasteiger partial charge in [0.2, 0.25) is 0 Å². The number of aryl methyl sites for hydroxylation is 2. The van der Waals surface area contributed by atoms with Gasteiger partial charge < -0.3 is 5.11 Å². The van der Waals surface area contributed by atoms with Crippen LogP contribution in [-0.2, 0) is 6.42 Å². The Labute approximate surface area is 96.9 Å². The number of benzene rings is 1. The van der Waals surface area contributed by atoms with Gasteiger partial charge in [0.15, 0.2) is 0 Å². The second-order valence-corrected chi connectivity index (χ2v) is 5.07. The third-order valence-electron chi connectivity index (χ3n) is 2.32. The molecule has 2 heteroatoms. The van der Waals surface area contributed by atoms with Gasteiger partial charge in [0, 0.05) is 0 Å². The zero-order valence-electron chi connectivity index (χ0n) is 9.62. The average molecular weight is 224 g/mol. The van der Waals surface area contributed by atoms with Gasteiger partial charge in [0.25, 0.3) is 0 Å². The lowest BCUT2D eigenvalue weighted by Crippen LogP contribution is -1.90. The standard InChI is InChI=1S/C13H20OS/c1-3-8-15-9-4-5-12-10-11(2)6-7-13(12)14/h6-7,10,14H,3-5,8-9H2,1-2H3. The Morgan fingerprint density at radius 2 is 2.07 bits per heavy atom. The van der Waals surface area contributed by atoms with Gasteiger partial charge in [-0.3, -0.25) is 0 Å². The van der Waals surface area contributed by atoms with Crippen molar-refractivity contribution in [2.75, 3.05) is 11.5 Å². The predicted octanol–water partition coefficient (Wildman–Crippen LogP) is 3.78. The van der Waals surface area contributed by atoms with Crippen molar-refractivity contribution in [2.24, 2.45) is 0 Å². The van der Waals surface area contributed by atoms with E-state index in [0.717, 1.165) is 18.4 Å². The van der Waals surface area contributed by atoms with Crippen molar-refractivity contribution in [3.8, 4) is 5.75 Å². The first-order chi connectivity index (χ1) is 7.24. The number of phenolic OH excluding ortho intramolecular Hbond substituents is 1. The van der Waals surface area contributed by atoms with Crippen LogP contribution in [0.3, 0.4) is 0 Å². The molecule has 0 aliphatic rings. The number of thioether (sulfide) groups is 1. The number of rotatable bonds is 6. The zero-order valence-corrected chi connectivity index (χ0v) is 10.4. The molecule has 0 aromatic heterocycles. The van der Waals surface area contributed by atoms with Crippen molar-refractivity contribution in [3.05, 3.63) is 29.3 Å². The molecule has 0 amide bonds. The van der Waals surface area contributed by atoms with Crippen LogP contribution in [0, 0.1) is 6.92 Å². The monoisotopic (exact) mass is 224 g/mol. The number of hydrogen-bond donors (Lipinski definition) is 1. The Morgan fingerprint density at radius 1 is 1.27 bits per heavy atom. The van der Waals surface area contributed by atoms with E-state index in [1.165, 1.54) is 23.5 Å². The maximum atomic E-state index is 9.63. The molecule has 0 spiro atoms. The quantitative estimate of drug-likeness (QED) is 0.742. The lowest BCUT2D eigenvalue weighted by atomic mass is 10.1. The Kier molecular flexibility index (Phi) is 5.62. The van der Waals surface area contributed by atoms with Crippen molar-refractivity contribution < 1.29 is 5.11 Å². The fraction of sp³-hybridized carbons (Fsp3) is 0.538. The minimum Gasteiger partial charge on any atom is -0.508 e. The molecule has 84 valence electrons. The van der Waals surface area contributed by atoms with E-state index in [4.69, 9.17) is 0 Å². The number of hydrogen-bond acceptors (Lipinski definition) is 2. The number of phenols is 1. The summed E-state index contributed by atoms with van der Waals surface area (Å²) in [4.78, 5) is 0. The average Bonchev–Trinajstić information content (AvgIpc) is 2.23. The Morgan fingerprint density at radius 3 is 2.80 bits per heavy atom. The van der Waals surface area contributed by atoms with Crippen LogP contribution in [0.2, 0.25) is 0 Å². The minimum atomic E-state index is 0.445. The molecule has 1 rings (SSSR count). The molecule has 1 aromatic rings. The van der Waals surface area contributed by atoms with Gasteiger partial charge >= 0.3 is 0 Å². The van der Waals surface area contributed by atoms with Crippen molar-refractivity contribution >= 4 is 11.8 Å². The summed E-state index contributed by atoms with van der Waals surface area (Å²) in [5.74, 6) is 2.89. The van der Waals surface area contributed by atoms with Crippen LogP contribution in [0.5, 0.6) is 5.75 Å². The third-order valence-corrected chi connectivity index (χ3v) is 3.59. The summed E-state index contributed by atoms with van der Waals surface area (Å²) in [6.07, 6.45) is 3.40. The van der Waals surface area contributed by atoms with E-state index in [-0.39, 0.29) is 0 Å². The summed E-state index contributed by atoms with van der Waals surface area (Å²) in [7, 11) is 0. The van der Waals surface area contributed by atoms with E-state index in [1.807, 2.05) is 17.8 Å². The molecule has 0 unspecified atom stereocenters. The summed E-state index contributed by atoms with van der Waals surface area (Å²) in [5, 5.41) is 9.63. The van der Waals surface area contributed by atoms with Crippen molar-refractivity contribution in [1.29, 1.82) is 0 Å². The Hall–Kier alpha value is -0.630. The van der Waals surface area contributed by atoms with E-state index in [2.05, 4.69) is 19.9 Å². The lowest BCUT2D eigenvalue weighted by molar-refractivity contribution is 0.467. The Bertz CT molecular complexity index is 297. The molecule has 0 aliphatic carbocycles. The van der Waals surface area contributed by atoms with Gasteiger partial charge in [0.1, 0.15) is 5.75 Å². The third kappa shape index (κ3) is 4.61. The van der Waals surface area contributed by atoms with Crippen LogP contribution in [0.4, 0.5) is 0 Å². The van der Waals surface area contributed by atoms with Gasteiger partial charge in [0.05, 0.1) is 0 Å². The molecule has 1 nitrogen and oxygen atoms in total. The smallest absolute Gasteiger partial charge is 0.118 e. The van der Waals surface area contributed by atoms with Gasteiger partial charge in [-0.25, -0.2) is 0 Å². The first-order valence-electron chi connectivity index (χ1n) is 5.60. The van der Waals surface area contributed by atoms with Gasteiger partial charge in [-0.2, -0.15) is 11.8 Å². The summed E-state index contributed by atoms with van der Waals surface area (Å²) < 4.78 is 0. The fourth-order valence-corrected chi connectivity index (χ4v) is 2.37. The second-order valence-electron chi connectivity index (χ2n) is 3.85. The SMILES string of the molecule is CCCSCCCc1cc(C)ccc1O. The van der Waals surface area contributed by atoms with Crippen molar-refractivity contribution in [3.63, 3.8) is 0 Å². The van der Waals surface area contributed by atoms with Crippen molar-refractivity contribution in [1.82, 2.24) is 0 Å². The molecule has 0 saturated carbocycles. The Balaban J connectivity index is 2.33. The highest BCUT2D eigenvalue weighted by atomic mass is 32.2. The normalized spacial score (nSPS) is 10.5. The van der Waals surface area contributed by atoms with Crippen LogP contribution in [0.1, 0.15) is 30.9 Å². The fourth-order valence-electron chi connectivity index (χ4n) is 1.53. The van der Waals surface area contributed by atoms with Crippen LogP contribution >= 0.6 is 11.8 Å². The molecular formula is C13H20OS. The van der Waals surface area contributed by atoms with E-state index in [0.29, 0.717) is 5.75 Å². The first-order valence-corrected chi connectivity index (χ1v) is 6.75. The largest absolute Gasteiger partial charge is 0.508 e. The topological polar surface area (TPSA) is 20.2 Å². The predicted molar refractivity (Wildman–Crippen MR) is 68.8 cm³/mol. The minimum absolute atomic E-state index is 0.445. The van der Waals surface area contributed by atoms with Crippen LogP contribution < -0.4 is 0 Å². The molecule has 0 saturated heterocycles. The van der Waals surface area contributed by atoms with Gasteiger partial charge in [-0.1, -0.05) is 24.6 Å². The highest BCUT2D eigenvalue weighted by Crippen LogP contribution is 2.20. The summed E-state index contributed by atoms with van der Waals surface area (Å²) >= 11 is 2.00. The maximum absolute atomic E-state index is 9.63. The molecular weight excluding hydrogens is 204 g/mol. The highest BCUT2D eigenvalue weighted by Gasteiger charge is 2.00. The first kappa shape index (κ1) is 12.4. The number of aromatic hydroxyl groups is 1. The van der Waals surface area contributed by atoms with E-state index in [1.54, 1.807) is 6.07 Å². The summed E-state index contributed by atoms with van der Waals surface area (Å²) in [6.45, 7) is 4.27. The summed E-state index contributed by atoms with van der Waals surface area (Å²) in [5.41, 5.74) is 2.32. The van der Waals surface area contributed by atoms with Crippen LogP contribution in [-0.4, -0.2) is 16.6 Å². The zero-order chi connectivity index (χ0) is 11.1. The van der Waals surface area contributed by atoms with E-state index < -0.39 is 0 Å². The molecule has 0 bridgehead atoms. The second kappa shape index (κ2) is 6.78. The molecule has 0 radical (unpaired) electrons. The van der Waals surface area contributed by atoms with E-state index >= 15 is 0 Å². The lowest BCUT2D eigenvalue weighted by Gasteiger charge is -2.05. The molecule has 0 heterocycles. The summed E-state index contributed by atoms with van der Waals surface area (Å²) in [6, 6.07) is 5.83. The van der Waals surface area contributed by atoms with Gasteiger partial charge in [-0.05, 0) is 49.3 Å². The molecule has 0 fully saturated rings. The molecule has 15 heavy (non-hydrogen) atoms. The highest BCUT2D eigenvalue weighted by molar-refractivity contribution is 7.99. The molecule has 1 N–H and O–H groups in total. The van der Waals surface area contributed by atoms with Crippen molar-refractivity contribution in [2.45, 2.75) is 33.1 Å². The van der Waals surface area contributed by atoms with Gasteiger partial charge in [-0.15, -0.1) is 0 Å². The van der Waals surface area contributed by atoms with E-state index in [9.17, 15) is 5.11 Å². The molecule has 0 atom stereocenters. The van der Waals surface area contributed by atoms with Crippen LogP contribution in [0.15, 0.2) is 18.2 Å². The molecule has 1 aromatic carbocycles.